The van der Waals surface area contributed by atoms with E-state index in [9.17, 15) is 4.79 Å². The lowest BCUT2D eigenvalue weighted by atomic mass is 10.2. The summed E-state index contributed by atoms with van der Waals surface area (Å²) in [5, 5.41) is 20.2. The maximum Gasteiger partial charge on any atom is 0.240 e. The summed E-state index contributed by atoms with van der Waals surface area (Å²) in [6.45, 7) is 2.22. The molecule has 23 heavy (non-hydrogen) atoms. The van der Waals surface area contributed by atoms with Crippen LogP contribution in [0, 0.1) is 11.3 Å². The van der Waals surface area contributed by atoms with Gasteiger partial charge in [-0.25, -0.2) is 0 Å². The summed E-state index contributed by atoms with van der Waals surface area (Å²) in [6.07, 6.45) is 0.292. The van der Waals surface area contributed by atoms with E-state index in [1.165, 1.54) is 23.1 Å². The van der Waals surface area contributed by atoms with Crippen LogP contribution in [0.4, 0.5) is 10.8 Å². The lowest BCUT2D eigenvalue weighted by Gasteiger charge is -2.24. The van der Waals surface area contributed by atoms with E-state index in [0.29, 0.717) is 13.0 Å². The van der Waals surface area contributed by atoms with Gasteiger partial charge in [-0.1, -0.05) is 41.3 Å². The van der Waals surface area contributed by atoms with E-state index in [1.54, 1.807) is 11.9 Å². The predicted octanol–water partition coefficient (Wildman–Crippen LogP) is 3.01. The Morgan fingerprint density at radius 1 is 1.43 bits per heavy atom. The van der Waals surface area contributed by atoms with Gasteiger partial charge in [0.05, 0.1) is 17.7 Å². The molecule has 2 rings (SSSR count). The molecule has 0 fully saturated rings. The number of rotatable bonds is 7. The van der Waals surface area contributed by atoms with Gasteiger partial charge in [0.15, 0.2) is 4.34 Å². The van der Waals surface area contributed by atoms with Crippen molar-refractivity contribution in [2.75, 3.05) is 23.8 Å². The molecule has 0 aliphatic heterocycles. The summed E-state index contributed by atoms with van der Waals surface area (Å²) in [5.41, 5.74) is 0.799. The summed E-state index contributed by atoms with van der Waals surface area (Å²) in [7, 11) is 1.78. The van der Waals surface area contributed by atoms with Crippen LogP contribution in [0.2, 0.25) is 0 Å². The number of para-hydroxylation sites is 1. The fourth-order valence-corrected chi connectivity index (χ4v) is 3.83. The minimum absolute atomic E-state index is 0.0438. The molecule has 1 N–H and O–H groups in total. The molecule has 1 amide bonds. The van der Waals surface area contributed by atoms with Crippen LogP contribution in [-0.2, 0) is 4.79 Å². The Hall–Kier alpha value is -2.11. The van der Waals surface area contributed by atoms with Gasteiger partial charge in [-0.3, -0.25) is 4.79 Å². The number of amides is 1. The minimum Gasteiger partial charge on any atom is -0.363 e. The summed E-state index contributed by atoms with van der Waals surface area (Å²) in [6, 6.07) is 11.5. The van der Waals surface area contributed by atoms with Gasteiger partial charge in [0, 0.05) is 19.3 Å². The third kappa shape index (κ3) is 4.68. The van der Waals surface area contributed by atoms with Crippen LogP contribution >= 0.6 is 23.1 Å². The lowest BCUT2D eigenvalue weighted by Crippen LogP contribution is -2.37. The maximum atomic E-state index is 12.8. The first-order chi connectivity index (χ1) is 11.2. The molecule has 0 unspecified atom stereocenters. The van der Waals surface area contributed by atoms with Crippen LogP contribution in [0.3, 0.4) is 0 Å². The van der Waals surface area contributed by atoms with Gasteiger partial charge < -0.3 is 10.2 Å². The zero-order chi connectivity index (χ0) is 16.7. The molecule has 6 nitrogen and oxygen atoms in total. The largest absolute Gasteiger partial charge is 0.363 e. The Kier molecular flexibility index (Phi) is 6.38. The molecule has 1 heterocycles. The topological polar surface area (TPSA) is 81.9 Å². The first-order valence-electron chi connectivity index (χ1n) is 7.07. The second-order valence-corrected chi connectivity index (χ2v) is 7.18. The summed E-state index contributed by atoms with van der Waals surface area (Å²) >= 11 is 2.79. The van der Waals surface area contributed by atoms with E-state index in [-0.39, 0.29) is 11.2 Å². The van der Waals surface area contributed by atoms with E-state index in [4.69, 9.17) is 5.26 Å². The predicted molar refractivity (Wildman–Crippen MR) is 93.8 cm³/mol. The number of hydrogen-bond acceptors (Lipinski definition) is 7. The highest BCUT2D eigenvalue weighted by Crippen LogP contribution is 2.30. The number of carbonyl (C=O) groups is 1. The third-order valence-corrected chi connectivity index (χ3v) is 5.14. The van der Waals surface area contributed by atoms with Crippen molar-refractivity contribution >= 4 is 39.8 Å². The fourth-order valence-electron chi connectivity index (χ4n) is 1.92. The Labute approximate surface area is 143 Å². The van der Waals surface area contributed by atoms with Crippen molar-refractivity contribution in [1.82, 2.24) is 10.2 Å². The van der Waals surface area contributed by atoms with Crippen molar-refractivity contribution in [3.8, 4) is 6.07 Å². The normalized spacial score (nSPS) is 11.5. The molecular weight excluding hydrogens is 330 g/mol. The Morgan fingerprint density at radius 3 is 2.78 bits per heavy atom. The third-order valence-electron chi connectivity index (χ3n) is 3.03. The highest BCUT2D eigenvalue weighted by Gasteiger charge is 2.24. The highest BCUT2D eigenvalue weighted by molar-refractivity contribution is 8.02. The van der Waals surface area contributed by atoms with Crippen LogP contribution in [0.1, 0.15) is 13.3 Å². The van der Waals surface area contributed by atoms with Gasteiger partial charge in [0.25, 0.3) is 0 Å². The van der Waals surface area contributed by atoms with Crippen LogP contribution in [-0.4, -0.2) is 34.9 Å². The Balaban J connectivity index is 2.11. The average molecular weight is 347 g/mol. The summed E-state index contributed by atoms with van der Waals surface area (Å²) < 4.78 is 0.739. The smallest absolute Gasteiger partial charge is 0.240 e. The van der Waals surface area contributed by atoms with E-state index < -0.39 is 0 Å². The molecule has 0 spiro atoms. The molecule has 0 saturated heterocycles. The monoisotopic (exact) mass is 347 g/mol. The fraction of sp³-hybridized carbons (Fsp3) is 0.333. The van der Waals surface area contributed by atoms with Crippen molar-refractivity contribution in [2.45, 2.75) is 22.9 Å². The molecule has 0 radical (unpaired) electrons. The van der Waals surface area contributed by atoms with E-state index in [0.717, 1.165) is 15.2 Å². The van der Waals surface area contributed by atoms with Crippen LogP contribution in [0.25, 0.3) is 0 Å². The van der Waals surface area contributed by atoms with Crippen LogP contribution < -0.4 is 10.2 Å². The van der Waals surface area contributed by atoms with Crippen molar-refractivity contribution in [3.63, 3.8) is 0 Å². The lowest BCUT2D eigenvalue weighted by molar-refractivity contribution is -0.117. The van der Waals surface area contributed by atoms with Crippen molar-refractivity contribution < 1.29 is 4.79 Å². The first kappa shape index (κ1) is 17.2. The number of nitriles is 1. The van der Waals surface area contributed by atoms with E-state index in [2.05, 4.69) is 21.6 Å². The molecule has 1 aromatic carbocycles. The Bertz CT molecular complexity index is 683. The second-order valence-electron chi connectivity index (χ2n) is 4.62. The zero-order valence-corrected chi connectivity index (χ0v) is 14.5. The zero-order valence-electron chi connectivity index (χ0n) is 12.9. The molecule has 0 saturated carbocycles. The van der Waals surface area contributed by atoms with Gasteiger partial charge in [0.2, 0.25) is 11.0 Å². The molecule has 1 atom stereocenters. The SMILES string of the molecule is CNc1nnc(S[C@H](C)C(=O)N(CCC#N)c2ccccc2)s1. The van der Waals surface area contributed by atoms with Gasteiger partial charge in [-0.2, -0.15) is 5.26 Å². The molecular formula is C15H17N5OS2. The molecule has 0 bridgehead atoms. The van der Waals surface area contributed by atoms with Crippen LogP contribution in [0.5, 0.6) is 0 Å². The molecule has 2 aromatic rings. The van der Waals surface area contributed by atoms with Gasteiger partial charge in [-0.05, 0) is 19.1 Å². The molecule has 1 aromatic heterocycles. The second kappa shape index (κ2) is 8.50. The molecule has 0 aliphatic carbocycles. The van der Waals surface area contributed by atoms with Gasteiger partial charge in [0.1, 0.15) is 0 Å². The molecule has 120 valence electrons. The maximum absolute atomic E-state index is 12.8. The molecule has 0 aliphatic rings. The van der Waals surface area contributed by atoms with Crippen LogP contribution in [0.15, 0.2) is 34.7 Å². The number of aromatic nitrogens is 2. The van der Waals surface area contributed by atoms with Gasteiger partial charge in [-0.15, -0.1) is 10.2 Å². The number of anilines is 2. The van der Waals surface area contributed by atoms with E-state index >= 15 is 0 Å². The number of thioether (sulfide) groups is 1. The first-order valence-corrected chi connectivity index (χ1v) is 8.76. The Morgan fingerprint density at radius 2 is 2.17 bits per heavy atom. The van der Waals surface area contributed by atoms with Crippen molar-refractivity contribution in [2.24, 2.45) is 0 Å². The van der Waals surface area contributed by atoms with Crippen molar-refractivity contribution in [1.29, 1.82) is 5.26 Å². The standard InChI is InChI=1S/C15H17N5OS2/c1-11(22-15-19-18-14(17-2)23-15)13(21)20(10-6-9-16)12-7-4-3-5-8-12/h3-5,7-8,11H,6,10H2,1-2H3,(H,17,18)/t11-/m1/s1. The molecule has 8 heteroatoms. The van der Waals surface area contributed by atoms with Gasteiger partial charge >= 0.3 is 0 Å². The quantitative estimate of drug-likeness (QED) is 0.775. The number of nitrogens with zero attached hydrogens (tertiary/aromatic N) is 4. The summed E-state index contributed by atoms with van der Waals surface area (Å²) in [5.74, 6) is -0.0438. The van der Waals surface area contributed by atoms with Crippen molar-refractivity contribution in [3.05, 3.63) is 30.3 Å². The minimum atomic E-state index is -0.313. The number of benzene rings is 1. The summed E-state index contributed by atoms with van der Waals surface area (Å²) in [4.78, 5) is 14.4. The van der Waals surface area contributed by atoms with E-state index in [1.807, 2.05) is 37.3 Å². The highest BCUT2D eigenvalue weighted by atomic mass is 32.2. The number of carbonyl (C=O) groups excluding carboxylic acids is 1. The number of hydrogen-bond donors (Lipinski definition) is 1. The number of nitrogens with one attached hydrogen (secondary N) is 1. The average Bonchev–Trinajstić information content (AvgIpc) is 3.03.